The number of nitrogens with one attached hydrogen (secondary N) is 1. The van der Waals surface area contributed by atoms with Crippen LogP contribution in [0.1, 0.15) is 29.3 Å². The number of thioether (sulfide) groups is 1. The molecule has 8 heteroatoms. The summed E-state index contributed by atoms with van der Waals surface area (Å²) in [6.07, 6.45) is 4.03. The maximum atomic E-state index is 13.2. The Labute approximate surface area is 183 Å². The van der Waals surface area contributed by atoms with E-state index in [0.29, 0.717) is 18.3 Å². The van der Waals surface area contributed by atoms with Crippen molar-refractivity contribution < 1.29 is 9.53 Å². The van der Waals surface area contributed by atoms with Crippen molar-refractivity contribution in [3.8, 4) is 0 Å². The van der Waals surface area contributed by atoms with Crippen LogP contribution in [-0.4, -0.2) is 34.9 Å². The first-order valence-corrected chi connectivity index (χ1v) is 12.0. The van der Waals surface area contributed by atoms with Gasteiger partial charge in [-0.2, -0.15) is 0 Å². The third-order valence-corrected chi connectivity index (χ3v) is 7.45. The summed E-state index contributed by atoms with van der Waals surface area (Å²) < 4.78 is 6.85. The highest BCUT2D eigenvalue weighted by atomic mass is 32.2. The molecule has 6 nitrogen and oxygen atoms in total. The number of rotatable bonds is 8. The average molecular weight is 444 g/mol. The highest BCUT2D eigenvalue weighted by Crippen LogP contribution is 2.35. The summed E-state index contributed by atoms with van der Waals surface area (Å²) in [5, 5.41) is 4.24. The van der Waals surface area contributed by atoms with E-state index < -0.39 is 0 Å². The zero-order valence-electron chi connectivity index (χ0n) is 17.2. The van der Waals surface area contributed by atoms with Gasteiger partial charge < -0.3 is 10.1 Å². The predicted octanol–water partition coefficient (Wildman–Crippen LogP) is 3.89. The van der Waals surface area contributed by atoms with Gasteiger partial charge in [0.2, 0.25) is 5.91 Å². The smallest absolute Gasteiger partial charge is 0.263 e. The fraction of sp³-hybridized carbons (Fsp3) is 0.409. The van der Waals surface area contributed by atoms with Crippen LogP contribution in [0.4, 0.5) is 5.69 Å². The van der Waals surface area contributed by atoms with Crippen molar-refractivity contribution in [3.63, 3.8) is 0 Å². The van der Waals surface area contributed by atoms with Crippen molar-refractivity contribution in [3.05, 3.63) is 50.6 Å². The van der Waals surface area contributed by atoms with Crippen LogP contribution in [0, 0.1) is 0 Å². The monoisotopic (exact) mass is 443 g/mol. The average Bonchev–Trinajstić information content (AvgIpc) is 3.33. The summed E-state index contributed by atoms with van der Waals surface area (Å²) in [4.78, 5) is 32.5. The molecule has 0 saturated carbocycles. The zero-order valence-corrected chi connectivity index (χ0v) is 18.8. The first kappa shape index (κ1) is 21.1. The molecule has 2 heterocycles. The summed E-state index contributed by atoms with van der Waals surface area (Å²) in [6, 6.07) is 7.84. The third kappa shape index (κ3) is 4.31. The molecule has 0 spiro atoms. The quantitative estimate of drug-likeness (QED) is 0.422. The van der Waals surface area contributed by atoms with E-state index in [9.17, 15) is 9.59 Å². The van der Waals surface area contributed by atoms with Gasteiger partial charge in [-0.15, -0.1) is 11.3 Å². The van der Waals surface area contributed by atoms with Gasteiger partial charge in [-0.25, -0.2) is 4.98 Å². The predicted molar refractivity (Wildman–Crippen MR) is 123 cm³/mol. The third-order valence-electron chi connectivity index (χ3n) is 5.29. The molecule has 0 unspecified atom stereocenters. The van der Waals surface area contributed by atoms with Crippen LogP contribution < -0.4 is 10.9 Å². The molecule has 1 aliphatic carbocycles. The van der Waals surface area contributed by atoms with Crippen molar-refractivity contribution in [2.75, 3.05) is 24.8 Å². The molecule has 30 heavy (non-hydrogen) atoms. The minimum absolute atomic E-state index is 0.0190. The van der Waals surface area contributed by atoms with Crippen molar-refractivity contribution in [1.82, 2.24) is 9.55 Å². The molecule has 158 valence electrons. The van der Waals surface area contributed by atoms with Gasteiger partial charge in [-0.1, -0.05) is 30.8 Å². The largest absolute Gasteiger partial charge is 0.383 e. The Morgan fingerprint density at radius 2 is 2.10 bits per heavy atom. The molecule has 1 aromatic carbocycles. The number of methoxy groups -OCH3 is 1. The molecule has 0 radical (unpaired) electrons. The molecular formula is C22H25N3O3S2. The highest BCUT2D eigenvalue weighted by molar-refractivity contribution is 7.99. The second-order valence-electron chi connectivity index (χ2n) is 7.27. The van der Waals surface area contributed by atoms with Gasteiger partial charge in [0.25, 0.3) is 5.56 Å². The van der Waals surface area contributed by atoms with Gasteiger partial charge in [0.05, 0.1) is 24.3 Å². The number of aryl methyl sites for hydroxylation is 3. The van der Waals surface area contributed by atoms with Crippen LogP contribution in [0.3, 0.4) is 0 Å². The molecule has 1 aliphatic rings. The summed E-state index contributed by atoms with van der Waals surface area (Å²) in [5.41, 5.74) is 3.15. The number of anilines is 1. The van der Waals surface area contributed by atoms with E-state index in [1.807, 2.05) is 24.3 Å². The van der Waals surface area contributed by atoms with Gasteiger partial charge in [-0.05, 0) is 48.9 Å². The molecule has 1 amide bonds. The Balaban J connectivity index is 1.54. The van der Waals surface area contributed by atoms with E-state index in [-0.39, 0.29) is 17.2 Å². The number of fused-ring (bicyclic) bond motifs is 3. The summed E-state index contributed by atoms with van der Waals surface area (Å²) >= 11 is 2.91. The number of hydrogen-bond acceptors (Lipinski definition) is 6. The number of nitrogens with zero attached hydrogens (tertiary/aromatic N) is 2. The van der Waals surface area contributed by atoms with Gasteiger partial charge in [0.1, 0.15) is 4.83 Å². The standard InChI is InChI=1S/C22H25N3O3S2/c1-3-14-7-9-15(10-8-14)23-18(26)13-29-22-24-20-19(16-5-4-6-17(16)30-20)21(27)25(22)11-12-28-2/h7-10H,3-6,11-13H2,1-2H3,(H,23,26). The second kappa shape index (κ2) is 9.32. The lowest BCUT2D eigenvalue weighted by atomic mass is 10.1. The Morgan fingerprint density at radius 3 is 2.83 bits per heavy atom. The lowest BCUT2D eigenvalue weighted by Gasteiger charge is -2.12. The second-order valence-corrected chi connectivity index (χ2v) is 9.29. The van der Waals surface area contributed by atoms with Crippen molar-refractivity contribution >= 4 is 44.9 Å². The fourth-order valence-corrected chi connectivity index (χ4v) is 5.83. The van der Waals surface area contributed by atoms with Crippen LogP contribution in [-0.2, 0) is 35.3 Å². The van der Waals surface area contributed by atoms with Crippen LogP contribution in [0.2, 0.25) is 0 Å². The first-order valence-electron chi connectivity index (χ1n) is 10.2. The molecular weight excluding hydrogens is 418 g/mol. The Morgan fingerprint density at radius 1 is 1.30 bits per heavy atom. The van der Waals surface area contributed by atoms with E-state index in [4.69, 9.17) is 9.72 Å². The fourth-order valence-electron chi connectivity index (χ4n) is 3.70. The number of carbonyl (C=O) groups excluding carboxylic acids is 1. The minimum atomic E-state index is -0.120. The maximum Gasteiger partial charge on any atom is 0.263 e. The van der Waals surface area contributed by atoms with E-state index in [2.05, 4.69) is 12.2 Å². The number of thiophene rings is 1. The molecule has 4 rings (SSSR count). The number of amides is 1. The van der Waals surface area contributed by atoms with E-state index >= 15 is 0 Å². The summed E-state index contributed by atoms with van der Waals surface area (Å²) in [5.74, 6) is 0.0662. The molecule has 1 N–H and O–H groups in total. The van der Waals surface area contributed by atoms with Gasteiger partial charge in [-0.3, -0.25) is 14.2 Å². The number of carbonyl (C=O) groups is 1. The van der Waals surface area contributed by atoms with Crippen LogP contribution in [0.25, 0.3) is 10.2 Å². The zero-order chi connectivity index (χ0) is 21.1. The molecule has 0 fully saturated rings. The number of ether oxygens (including phenoxy) is 1. The topological polar surface area (TPSA) is 73.2 Å². The van der Waals surface area contributed by atoms with Crippen molar-refractivity contribution in [2.45, 2.75) is 44.3 Å². The van der Waals surface area contributed by atoms with Crippen LogP contribution in [0.15, 0.2) is 34.2 Å². The lowest BCUT2D eigenvalue weighted by molar-refractivity contribution is -0.113. The highest BCUT2D eigenvalue weighted by Gasteiger charge is 2.23. The lowest BCUT2D eigenvalue weighted by Crippen LogP contribution is -2.26. The minimum Gasteiger partial charge on any atom is -0.383 e. The van der Waals surface area contributed by atoms with Crippen molar-refractivity contribution in [2.24, 2.45) is 0 Å². The van der Waals surface area contributed by atoms with E-state index in [1.54, 1.807) is 23.0 Å². The van der Waals surface area contributed by atoms with Crippen molar-refractivity contribution in [1.29, 1.82) is 0 Å². The summed E-state index contributed by atoms with van der Waals surface area (Å²) in [6.45, 7) is 2.94. The van der Waals surface area contributed by atoms with Crippen LogP contribution >= 0.6 is 23.1 Å². The maximum absolute atomic E-state index is 13.2. The normalized spacial score (nSPS) is 13.0. The summed E-state index contributed by atoms with van der Waals surface area (Å²) in [7, 11) is 1.61. The van der Waals surface area contributed by atoms with E-state index in [1.165, 1.54) is 27.8 Å². The SMILES string of the molecule is CCc1ccc(NC(=O)CSc2nc3sc4c(c3c(=O)n2CCOC)CCC4)cc1. The Kier molecular flexibility index (Phi) is 6.55. The molecule has 0 saturated heterocycles. The Hall–Kier alpha value is -2.16. The molecule has 2 aromatic heterocycles. The van der Waals surface area contributed by atoms with Gasteiger partial charge in [0.15, 0.2) is 5.16 Å². The number of hydrogen-bond donors (Lipinski definition) is 1. The first-order chi connectivity index (χ1) is 14.6. The molecule has 0 atom stereocenters. The molecule has 3 aromatic rings. The van der Waals surface area contributed by atoms with Crippen LogP contribution in [0.5, 0.6) is 0 Å². The Bertz CT molecular complexity index is 1120. The van der Waals surface area contributed by atoms with Gasteiger partial charge >= 0.3 is 0 Å². The molecule has 0 bridgehead atoms. The van der Waals surface area contributed by atoms with E-state index in [0.717, 1.165) is 41.6 Å². The van der Waals surface area contributed by atoms with Gasteiger partial charge in [0, 0.05) is 17.7 Å². The molecule has 0 aliphatic heterocycles. The number of benzene rings is 1. The number of aromatic nitrogens is 2.